The van der Waals surface area contributed by atoms with E-state index in [2.05, 4.69) is 50.1 Å². The van der Waals surface area contributed by atoms with Crippen molar-refractivity contribution in [1.29, 1.82) is 0 Å². The Morgan fingerprint density at radius 2 is 2.24 bits per heavy atom. The van der Waals surface area contributed by atoms with Crippen LogP contribution in [0.2, 0.25) is 0 Å². The zero-order valence-electron chi connectivity index (χ0n) is 11.1. The zero-order valence-corrected chi connectivity index (χ0v) is 11.1. The summed E-state index contributed by atoms with van der Waals surface area (Å²) in [4.78, 5) is 2.32. The molecule has 1 N–H and O–H groups in total. The maximum atomic E-state index is 10.8. The number of aryl methyl sites for hydroxylation is 1. The average Bonchev–Trinajstić information content (AvgIpc) is 2.34. The summed E-state index contributed by atoms with van der Waals surface area (Å²) < 4.78 is 0. The summed E-state index contributed by atoms with van der Waals surface area (Å²) in [6.45, 7) is 5.31. The van der Waals surface area contributed by atoms with Gasteiger partial charge in [0, 0.05) is 12.6 Å². The molecule has 0 bridgehead atoms. The van der Waals surface area contributed by atoms with Crippen molar-refractivity contribution in [2.45, 2.75) is 44.8 Å². The lowest BCUT2D eigenvalue weighted by atomic mass is 9.81. The fraction of sp³-hybridized carbons (Fsp3) is 0.600. The molecule has 0 aromatic heterocycles. The number of piperidine rings is 1. The molecule has 1 fully saturated rings. The second-order valence-electron chi connectivity index (χ2n) is 5.37. The quantitative estimate of drug-likeness (QED) is 0.848. The minimum Gasteiger partial charge on any atom is -0.385 e. The predicted octanol–water partition coefficient (Wildman–Crippen LogP) is 2.55. The molecule has 1 aliphatic heterocycles. The van der Waals surface area contributed by atoms with Crippen LogP contribution < -0.4 is 0 Å². The minimum absolute atomic E-state index is 0.444. The van der Waals surface area contributed by atoms with Gasteiger partial charge in [0.1, 0.15) is 0 Å². The van der Waals surface area contributed by atoms with Gasteiger partial charge in [-0.2, -0.15) is 0 Å². The van der Waals surface area contributed by atoms with E-state index in [9.17, 15) is 5.11 Å². The van der Waals surface area contributed by atoms with Gasteiger partial charge in [-0.3, -0.25) is 0 Å². The Hall–Kier alpha value is -0.860. The molecule has 1 aromatic rings. The Bertz CT molecular complexity index is 390. The molecular weight excluding hydrogens is 210 g/mol. The van der Waals surface area contributed by atoms with Crippen LogP contribution in [0.25, 0.3) is 0 Å². The van der Waals surface area contributed by atoms with E-state index < -0.39 is 5.60 Å². The minimum atomic E-state index is -0.628. The molecule has 0 saturated carbocycles. The van der Waals surface area contributed by atoms with E-state index in [0.29, 0.717) is 6.04 Å². The van der Waals surface area contributed by atoms with Crippen LogP contribution in [0, 0.1) is 0 Å². The summed E-state index contributed by atoms with van der Waals surface area (Å²) in [5.41, 5.74) is 1.77. The number of benzene rings is 1. The first-order valence-corrected chi connectivity index (χ1v) is 6.57. The molecule has 17 heavy (non-hydrogen) atoms. The molecule has 2 atom stereocenters. The van der Waals surface area contributed by atoms with E-state index in [1.54, 1.807) is 0 Å². The van der Waals surface area contributed by atoms with Gasteiger partial charge < -0.3 is 10.0 Å². The normalized spacial score (nSPS) is 30.5. The van der Waals surface area contributed by atoms with Crippen LogP contribution in [0.4, 0.5) is 0 Å². The second-order valence-corrected chi connectivity index (χ2v) is 5.37. The fourth-order valence-corrected chi connectivity index (χ4v) is 2.67. The Kier molecular flexibility index (Phi) is 3.55. The first kappa shape index (κ1) is 12.6. The lowest BCUT2D eigenvalue weighted by Crippen LogP contribution is -2.45. The Morgan fingerprint density at radius 1 is 1.47 bits per heavy atom. The molecule has 0 aliphatic carbocycles. The summed E-state index contributed by atoms with van der Waals surface area (Å²) in [5.74, 6) is 0. The van der Waals surface area contributed by atoms with Crippen molar-refractivity contribution in [1.82, 2.24) is 4.90 Å². The number of hydrogen-bond acceptors (Lipinski definition) is 2. The highest BCUT2D eigenvalue weighted by molar-refractivity contribution is 5.29. The Balaban J connectivity index is 2.25. The molecule has 0 spiro atoms. The van der Waals surface area contributed by atoms with Crippen LogP contribution in [-0.4, -0.2) is 29.6 Å². The second kappa shape index (κ2) is 4.79. The van der Waals surface area contributed by atoms with Crippen molar-refractivity contribution in [2.75, 3.05) is 13.6 Å². The summed E-state index contributed by atoms with van der Waals surface area (Å²) in [5, 5.41) is 10.8. The van der Waals surface area contributed by atoms with E-state index in [4.69, 9.17) is 0 Å². The molecule has 1 aliphatic rings. The van der Waals surface area contributed by atoms with Gasteiger partial charge in [0.25, 0.3) is 0 Å². The van der Waals surface area contributed by atoms with Crippen LogP contribution in [0.5, 0.6) is 0 Å². The summed E-state index contributed by atoms with van der Waals surface area (Å²) in [6.07, 6.45) is 2.69. The van der Waals surface area contributed by atoms with Crippen molar-refractivity contribution in [3.8, 4) is 0 Å². The largest absolute Gasteiger partial charge is 0.385 e. The van der Waals surface area contributed by atoms with Gasteiger partial charge in [0.2, 0.25) is 0 Å². The van der Waals surface area contributed by atoms with Crippen LogP contribution in [0.3, 0.4) is 0 Å². The summed E-state index contributed by atoms with van der Waals surface area (Å²) in [6, 6.07) is 8.87. The van der Waals surface area contributed by atoms with E-state index in [-0.39, 0.29) is 0 Å². The predicted molar refractivity (Wildman–Crippen MR) is 71.0 cm³/mol. The Morgan fingerprint density at radius 3 is 2.88 bits per heavy atom. The first-order chi connectivity index (χ1) is 8.05. The van der Waals surface area contributed by atoms with Crippen molar-refractivity contribution in [2.24, 2.45) is 0 Å². The highest BCUT2D eigenvalue weighted by Crippen LogP contribution is 2.35. The van der Waals surface area contributed by atoms with Crippen molar-refractivity contribution >= 4 is 0 Å². The SMILES string of the molecule is CCc1cccc(C2(O)CCN(C)C(C)C2)c1. The molecule has 0 amide bonds. The van der Waals surface area contributed by atoms with E-state index in [0.717, 1.165) is 31.4 Å². The van der Waals surface area contributed by atoms with E-state index >= 15 is 0 Å². The van der Waals surface area contributed by atoms with Crippen LogP contribution in [-0.2, 0) is 12.0 Å². The number of nitrogens with zero attached hydrogens (tertiary/aromatic N) is 1. The van der Waals surface area contributed by atoms with Gasteiger partial charge in [-0.1, -0.05) is 31.2 Å². The molecule has 0 radical (unpaired) electrons. The highest BCUT2D eigenvalue weighted by atomic mass is 16.3. The maximum Gasteiger partial charge on any atom is 0.0923 e. The van der Waals surface area contributed by atoms with Crippen LogP contribution in [0.15, 0.2) is 24.3 Å². The van der Waals surface area contributed by atoms with Gasteiger partial charge in [0.05, 0.1) is 5.60 Å². The molecular formula is C15H23NO. The number of likely N-dealkylation sites (tertiary alicyclic amines) is 1. The third-order valence-electron chi connectivity index (χ3n) is 4.14. The Labute approximate surface area is 104 Å². The third-order valence-corrected chi connectivity index (χ3v) is 4.14. The number of rotatable bonds is 2. The fourth-order valence-electron chi connectivity index (χ4n) is 2.67. The van der Waals surface area contributed by atoms with Crippen LogP contribution in [0.1, 0.15) is 37.8 Å². The molecule has 2 nitrogen and oxygen atoms in total. The maximum absolute atomic E-state index is 10.8. The van der Waals surface area contributed by atoms with E-state index in [1.807, 2.05) is 0 Å². The molecule has 1 aromatic carbocycles. The average molecular weight is 233 g/mol. The molecule has 1 heterocycles. The third kappa shape index (κ3) is 2.53. The smallest absolute Gasteiger partial charge is 0.0923 e. The van der Waals surface area contributed by atoms with Crippen molar-refractivity contribution < 1.29 is 5.11 Å². The summed E-state index contributed by atoms with van der Waals surface area (Å²) in [7, 11) is 2.13. The lowest BCUT2D eigenvalue weighted by molar-refractivity contribution is -0.0408. The summed E-state index contributed by atoms with van der Waals surface area (Å²) >= 11 is 0. The topological polar surface area (TPSA) is 23.5 Å². The molecule has 94 valence electrons. The molecule has 2 heteroatoms. The monoisotopic (exact) mass is 233 g/mol. The molecule has 2 unspecified atom stereocenters. The molecule has 2 rings (SSSR count). The number of aliphatic hydroxyl groups is 1. The first-order valence-electron chi connectivity index (χ1n) is 6.57. The zero-order chi connectivity index (χ0) is 12.5. The highest BCUT2D eigenvalue weighted by Gasteiger charge is 2.36. The van der Waals surface area contributed by atoms with Gasteiger partial charge in [-0.05, 0) is 44.4 Å². The van der Waals surface area contributed by atoms with E-state index in [1.165, 1.54) is 5.56 Å². The van der Waals surface area contributed by atoms with Crippen molar-refractivity contribution in [3.63, 3.8) is 0 Å². The van der Waals surface area contributed by atoms with Crippen molar-refractivity contribution in [3.05, 3.63) is 35.4 Å². The lowest BCUT2D eigenvalue weighted by Gasteiger charge is -2.41. The standard InChI is InChI=1S/C15H23NO/c1-4-13-6-5-7-14(10-13)15(17)8-9-16(3)12(2)11-15/h5-7,10,12,17H,4,8-9,11H2,1-3H3. The van der Waals surface area contributed by atoms with Gasteiger partial charge >= 0.3 is 0 Å². The van der Waals surface area contributed by atoms with Gasteiger partial charge in [-0.25, -0.2) is 0 Å². The number of hydrogen-bond donors (Lipinski definition) is 1. The van der Waals surface area contributed by atoms with Gasteiger partial charge in [-0.15, -0.1) is 0 Å². The van der Waals surface area contributed by atoms with Crippen LogP contribution >= 0.6 is 0 Å². The van der Waals surface area contributed by atoms with Gasteiger partial charge in [0.15, 0.2) is 0 Å². The molecule has 1 saturated heterocycles.